The molecule has 0 radical (unpaired) electrons. The Labute approximate surface area is 111 Å². The Morgan fingerprint density at radius 2 is 1.83 bits per heavy atom. The van der Waals surface area contributed by atoms with Crippen molar-refractivity contribution in [1.29, 1.82) is 0 Å². The maximum Gasteiger partial charge on any atom is 0.0425 e. The molecule has 0 aliphatic carbocycles. The van der Waals surface area contributed by atoms with Crippen LogP contribution in [0.4, 0.5) is 5.69 Å². The summed E-state index contributed by atoms with van der Waals surface area (Å²) in [4.78, 5) is 2.57. The second-order valence-electron chi connectivity index (χ2n) is 6.28. The molecule has 1 aromatic rings. The van der Waals surface area contributed by atoms with Crippen molar-refractivity contribution in [3.8, 4) is 0 Å². The van der Waals surface area contributed by atoms with Gasteiger partial charge >= 0.3 is 0 Å². The summed E-state index contributed by atoms with van der Waals surface area (Å²) in [6, 6.07) is 7.22. The zero-order chi connectivity index (χ0) is 13.3. The van der Waals surface area contributed by atoms with Crippen LogP contribution >= 0.6 is 0 Å². The van der Waals surface area contributed by atoms with Gasteiger partial charge in [-0.25, -0.2) is 0 Å². The predicted molar refractivity (Wildman–Crippen MR) is 79.4 cm³/mol. The number of hydrogen-bond donors (Lipinski definition) is 1. The molecule has 1 atom stereocenters. The Bertz CT molecular complexity index is 403. The van der Waals surface area contributed by atoms with E-state index in [1.165, 1.54) is 23.2 Å². The van der Waals surface area contributed by atoms with Crippen LogP contribution in [0.15, 0.2) is 18.2 Å². The van der Waals surface area contributed by atoms with Crippen molar-refractivity contribution < 1.29 is 0 Å². The predicted octanol–water partition coefficient (Wildman–Crippen LogP) is 3.13. The van der Waals surface area contributed by atoms with Crippen molar-refractivity contribution in [3.05, 3.63) is 29.3 Å². The number of nitrogens with one attached hydrogen (secondary N) is 1. The molecule has 1 aliphatic rings. The van der Waals surface area contributed by atoms with Crippen LogP contribution < -0.4 is 10.2 Å². The third kappa shape index (κ3) is 2.39. The van der Waals surface area contributed by atoms with E-state index in [2.05, 4.69) is 63.2 Å². The van der Waals surface area contributed by atoms with E-state index in [0.717, 1.165) is 13.1 Å². The highest BCUT2D eigenvalue weighted by molar-refractivity contribution is 5.59. The summed E-state index contributed by atoms with van der Waals surface area (Å²) in [5.41, 5.74) is 4.56. The average Bonchev–Trinajstić information content (AvgIpc) is 2.27. The maximum absolute atomic E-state index is 3.47. The lowest BCUT2D eigenvalue weighted by Crippen LogP contribution is -2.53. The fraction of sp³-hybridized carbons (Fsp3) is 0.625. The highest BCUT2D eigenvalue weighted by atomic mass is 15.2. The fourth-order valence-electron chi connectivity index (χ4n) is 3.39. The van der Waals surface area contributed by atoms with E-state index < -0.39 is 0 Å². The lowest BCUT2D eigenvalue weighted by Gasteiger charge is -2.46. The third-order valence-electron chi connectivity index (χ3n) is 4.33. The van der Waals surface area contributed by atoms with Gasteiger partial charge in [-0.3, -0.25) is 0 Å². The summed E-state index contributed by atoms with van der Waals surface area (Å²) in [5.74, 6) is 0. The van der Waals surface area contributed by atoms with Crippen LogP contribution in [0.1, 0.15) is 31.4 Å². The number of benzene rings is 1. The van der Waals surface area contributed by atoms with Gasteiger partial charge in [-0.2, -0.15) is 0 Å². The van der Waals surface area contributed by atoms with E-state index in [-0.39, 0.29) is 0 Å². The van der Waals surface area contributed by atoms with Gasteiger partial charge < -0.3 is 10.2 Å². The quantitative estimate of drug-likeness (QED) is 0.862. The summed E-state index contributed by atoms with van der Waals surface area (Å²) in [6.07, 6.45) is 1.22. The number of aryl methyl sites for hydroxylation is 2. The van der Waals surface area contributed by atoms with Crippen molar-refractivity contribution in [2.75, 3.05) is 25.0 Å². The average molecular weight is 246 g/mol. The lowest BCUT2D eigenvalue weighted by molar-refractivity contribution is 0.215. The van der Waals surface area contributed by atoms with Gasteiger partial charge in [-0.05, 0) is 43.9 Å². The van der Waals surface area contributed by atoms with Gasteiger partial charge in [0.25, 0.3) is 0 Å². The van der Waals surface area contributed by atoms with Crippen LogP contribution in [0.2, 0.25) is 0 Å². The summed E-state index contributed by atoms with van der Waals surface area (Å²) in [5, 5.41) is 3.47. The van der Waals surface area contributed by atoms with Gasteiger partial charge in [0.1, 0.15) is 0 Å². The van der Waals surface area contributed by atoms with Crippen molar-refractivity contribution >= 4 is 5.69 Å². The lowest BCUT2D eigenvalue weighted by atomic mass is 9.78. The first kappa shape index (κ1) is 13.4. The van der Waals surface area contributed by atoms with Crippen LogP contribution in [-0.4, -0.2) is 26.2 Å². The first-order valence-corrected chi connectivity index (χ1v) is 6.94. The Kier molecular flexibility index (Phi) is 3.67. The molecule has 1 aromatic carbocycles. The number of rotatable bonds is 2. The van der Waals surface area contributed by atoms with Gasteiger partial charge in [-0.15, -0.1) is 0 Å². The standard InChI is InChI=1S/C16H26N2/c1-12-7-6-8-13(2)15(12)18-10-9-14(17-5)16(3,4)11-18/h6-8,14,17H,9-11H2,1-5H3. The molecule has 0 spiro atoms. The molecule has 1 saturated heterocycles. The molecular weight excluding hydrogens is 220 g/mol. The molecule has 0 amide bonds. The van der Waals surface area contributed by atoms with E-state index in [4.69, 9.17) is 0 Å². The molecule has 2 rings (SSSR count). The van der Waals surface area contributed by atoms with E-state index >= 15 is 0 Å². The molecule has 0 aromatic heterocycles. The normalized spacial score (nSPS) is 23.2. The molecule has 0 saturated carbocycles. The second kappa shape index (κ2) is 4.93. The smallest absolute Gasteiger partial charge is 0.0425 e. The molecule has 0 bridgehead atoms. The number of nitrogens with zero attached hydrogens (tertiary/aromatic N) is 1. The van der Waals surface area contributed by atoms with Crippen LogP contribution in [-0.2, 0) is 0 Å². The molecule has 1 N–H and O–H groups in total. The van der Waals surface area contributed by atoms with E-state index in [0.29, 0.717) is 11.5 Å². The molecule has 1 fully saturated rings. The van der Waals surface area contributed by atoms with Gasteiger partial charge in [0.05, 0.1) is 0 Å². The van der Waals surface area contributed by atoms with Crippen LogP contribution in [0, 0.1) is 19.3 Å². The summed E-state index contributed by atoms with van der Waals surface area (Å²) in [7, 11) is 2.08. The van der Waals surface area contributed by atoms with Crippen molar-refractivity contribution in [2.24, 2.45) is 5.41 Å². The minimum atomic E-state index is 0.321. The van der Waals surface area contributed by atoms with Crippen LogP contribution in [0.3, 0.4) is 0 Å². The Morgan fingerprint density at radius 1 is 1.22 bits per heavy atom. The Morgan fingerprint density at radius 3 is 2.33 bits per heavy atom. The van der Waals surface area contributed by atoms with E-state index in [9.17, 15) is 0 Å². The monoisotopic (exact) mass is 246 g/mol. The summed E-state index contributed by atoms with van der Waals surface area (Å²) >= 11 is 0. The maximum atomic E-state index is 3.47. The third-order valence-corrected chi connectivity index (χ3v) is 4.33. The fourth-order valence-corrected chi connectivity index (χ4v) is 3.39. The Hall–Kier alpha value is -1.02. The minimum Gasteiger partial charge on any atom is -0.370 e. The molecule has 2 heteroatoms. The van der Waals surface area contributed by atoms with Gasteiger partial charge in [0.15, 0.2) is 0 Å². The highest BCUT2D eigenvalue weighted by Gasteiger charge is 2.35. The molecular formula is C16H26N2. The second-order valence-corrected chi connectivity index (χ2v) is 6.28. The molecule has 1 heterocycles. The Balaban J connectivity index is 2.26. The SMILES string of the molecule is CNC1CCN(c2c(C)cccc2C)CC1(C)C. The van der Waals surface area contributed by atoms with Crippen molar-refractivity contribution in [2.45, 2.75) is 40.2 Å². The number of anilines is 1. The van der Waals surface area contributed by atoms with E-state index in [1.807, 2.05) is 0 Å². The molecule has 100 valence electrons. The zero-order valence-electron chi connectivity index (χ0n) is 12.4. The molecule has 2 nitrogen and oxygen atoms in total. The number of para-hydroxylation sites is 1. The van der Waals surface area contributed by atoms with Crippen molar-refractivity contribution in [1.82, 2.24) is 5.32 Å². The van der Waals surface area contributed by atoms with Gasteiger partial charge in [0.2, 0.25) is 0 Å². The summed E-state index contributed by atoms with van der Waals surface area (Å²) < 4.78 is 0. The topological polar surface area (TPSA) is 15.3 Å². The number of hydrogen-bond acceptors (Lipinski definition) is 2. The number of piperidine rings is 1. The highest BCUT2D eigenvalue weighted by Crippen LogP contribution is 2.34. The first-order valence-electron chi connectivity index (χ1n) is 6.94. The molecule has 18 heavy (non-hydrogen) atoms. The molecule has 1 aliphatic heterocycles. The largest absolute Gasteiger partial charge is 0.370 e. The zero-order valence-corrected chi connectivity index (χ0v) is 12.4. The van der Waals surface area contributed by atoms with Crippen molar-refractivity contribution in [3.63, 3.8) is 0 Å². The summed E-state index contributed by atoms with van der Waals surface area (Å²) in [6.45, 7) is 11.5. The minimum absolute atomic E-state index is 0.321. The van der Waals surface area contributed by atoms with Crippen LogP contribution in [0.25, 0.3) is 0 Å². The van der Waals surface area contributed by atoms with Gasteiger partial charge in [0, 0.05) is 24.8 Å². The molecule has 1 unspecified atom stereocenters. The van der Waals surface area contributed by atoms with E-state index in [1.54, 1.807) is 0 Å². The van der Waals surface area contributed by atoms with Gasteiger partial charge in [-0.1, -0.05) is 32.0 Å². The first-order chi connectivity index (χ1) is 8.45. The van der Waals surface area contributed by atoms with Crippen LogP contribution in [0.5, 0.6) is 0 Å².